The fourth-order valence-corrected chi connectivity index (χ4v) is 3.91. The number of hydrogen-bond acceptors (Lipinski definition) is 8. The SMILES string of the molecule is C#Cc1c(Nc2ccc(-c3cc(CO)ccn3)cc2F)ncnc1OC1CCN(C(=O)OC(C)C)CC1. The summed E-state index contributed by atoms with van der Waals surface area (Å²) >= 11 is 0. The van der Waals surface area contributed by atoms with E-state index in [0.29, 0.717) is 42.8 Å². The average Bonchev–Trinajstić information content (AvgIpc) is 2.90. The summed E-state index contributed by atoms with van der Waals surface area (Å²) in [5.41, 5.74) is 2.22. The van der Waals surface area contributed by atoms with Crippen LogP contribution < -0.4 is 10.1 Å². The second-order valence-electron chi connectivity index (χ2n) is 8.81. The summed E-state index contributed by atoms with van der Waals surface area (Å²) < 4.78 is 26.3. The van der Waals surface area contributed by atoms with Crippen molar-refractivity contribution in [2.24, 2.45) is 0 Å². The van der Waals surface area contributed by atoms with Gasteiger partial charge < -0.3 is 24.8 Å². The molecule has 0 saturated carbocycles. The molecule has 0 unspecified atom stereocenters. The molecule has 4 rings (SSSR count). The van der Waals surface area contributed by atoms with Crippen LogP contribution in [0.4, 0.5) is 20.7 Å². The van der Waals surface area contributed by atoms with E-state index in [9.17, 15) is 14.3 Å². The number of aromatic nitrogens is 3. The van der Waals surface area contributed by atoms with Gasteiger partial charge in [-0.15, -0.1) is 6.42 Å². The molecule has 0 radical (unpaired) electrons. The molecule has 1 aliphatic heterocycles. The number of halogens is 1. The van der Waals surface area contributed by atoms with E-state index in [0.717, 1.165) is 0 Å². The van der Waals surface area contributed by atoms with E-state index >= 15 is 0 Å². The van der Waals surface area contributed by atoms with E-state index in [4.69, 9.17) is 15.9 Å². The Morgan fingerprint density at radius 3 is 2.70 bits per heavy atom. The van der Waals surface area contributed by atoms with Gasteiger partial charge in [0.05, 0.1) is 24.1 Å². The van der Waals surface area contributed by atoms with Gasteiger partial charge >= 0.3 is 6.09 Å². The number of nitrogens with one attached hydrogen (secondary N) is 1. The van der Waals surface area contributed by atoms with Crippen LogP contribution in [0.1, 0.15) is 37.8 Å². The number of anilines is 2. The van der Waals surface area contributed by atoms with Gasteiger partial charge in [-0.3, -0.25) is 4.98 Å². The molecule has 0 aliphatic carbocycles. The molecule has 9 nitrogen and oxygen atoms in total. The van der Waals surface area contributed by atoms with Crippen molar-refractivity contribution in [1.29, 1.82) is 0 Å². The number of nitrogens with zero attached hydrogens (tertiary/aromatic N) is 4. The van der Waals surface area contributed by atoms with Crippen LogP contribution >= 0.6 is 0 Å². The quantitative estimate of drug-likeness (QED) is 0.458. The number of aliphatic hydroxyl groups is 1. The molecule has 2 N–H and O–H groups in total. The number of pyridine rings is 1. The van der Waals surface area contributed by atoms with E-state index in [1.807, 2.05) is 13.8 Å². The summed E-state index contributed by atoms with van der Waals surface area (Å²) in [7, 11) is 0. The molecular weight excluding hydrogens is 477 g/mol. The minimum absolute atomic E-state index is 0.131. The maximum Gasteiger partial charge on any atom is 0.410 e. The molecule has 3 heterocycles. The van der Waals surface area contributed by atoms with E-state index in [1.165, 1.54) is 12.4 Å². The third kappa shape index (κ3) is 6.32. The number of benzene rings is 1. The van der Waals surface area contributed by atoms with E-state index in [-0.39, 0.29) is 47.9 Å². The van der Waals surface area contributed by atoms with Gasteiger partial charge in [0.25, 0.3) is 0 Å². The normalized spacial score (nSPS) is 13.8. The zero-order chi connectivity index (χ0) is 26.4. The van der Waals surface area contributed by atoms with Crippen LogP contribution in [-0.4, -0.2) is 56.3 Å². The minimum atomic E-state index is -0.529. The lowest BCUT2D eigenvalue weighted by Crippen LogP contribution is -2.42. The van der Waals surface area contributed by atoms with Crippen molar-refractivity contribution in [1.82, 2.24) is 19.9 Å². The molecule has 10 heteroatoms. The lowest BCUT2D eigenvalue weighted by Gasteiger charge is -2.31. The Bertz CT molecular complexity index is 1300. The van der Waals surface area contributed by atoms with Crippen LogP contribution in [-0.2, 0) is 11.3 Å². The third-order valence-corrected chi connectivity index (χ3v) is 5.80. The van der Waals surface area contributed by atoms with Crippen LogP contribution in [0.3, 0.4) is 0 Å². The van der Waals surface area contributed by atoms with Gasteiger partial charge in [0.15, 0.2) is 5.82 Å². The number of rotatable bonds is 7. The molecule has 1 saturated heterocycles. The summed E-state index contributed by atoms with van der Waals surface area (Å²) in [6.45, 7) is 4.47. The van der Waals surface area contributed by atoms with Crippen molar-refractivity contribution in [2.75, 3.05) is 18.4 Å². The number of piperidine rings is 1. The van der Waals surface area contributed by atoms with Gasteiger partial charge in [0.2, 0.25) is 5.88 Å². The molecule has 1 aliphatic rings. The van der Waals surface area contributed by atoms with Crippen molar-refractivity contribution in [2.45, 2.75) is 45.5 Å². The minimum Gasteiger partial charge on any atom is -0.473 e. The summed E-state index contributed by atoms with van der Waals surface area (Å²) in [5.74, 6) is 2.46. The smallest absolute Gasteiger partial charge is 0.410 e. The number of aliphatic hydroxyl groups excluding tert-OH is 1. The first-order chi connectivity index (χ1) is 17.9. The van der Waals surface area contributed by atoms with Crippen molar-refractivity contribution in [3.8, 4) is 29.5 Å². The van der Waals surface area contributed by atoms with Crippen molar-refractivity contribution in [3.05, 3.63) is 59.8 Å². The number of ether oxygens (including phenoxy) is 2. The van der Waals surface area contributed by atoms with Crippen LogP contribution in [0.2, 0.25) is 0 Å². The Balaban J connectivity index is 1.46. The second kappa shape index (κ2) is 11.7. The second-order valence-corrected chi connectivity index (χ2v) is 8.81. The molecule has 1 aromatic carbocycles. The highest BCUT2D eigenvalue weighted by Crippen LogP contribution is 2.29. The first-order valence-electron chi connectivity index (χ1n) is 11.9. The predicted octanol–water partition coefficient (Wildman–Crippen LogP) is 4.28. The highest BCUT2D eigenvalue weighted by Gasteiger charge is 2.26. The van der Waals surface area contributed by atoms with E-state index in [2.05, 4.69) is 26.2 Å². The van der Waals surface area contributed by atoms with Gasteiger partial charge in [-0.1, -0.05) is 12.0 Å². The molecule has 37 heavy (non-hydrogen) atoms. The summed E-state index contributed by atoms with van der Waals surface area (Å²) in [4.78, 5) is 26.4. The molecule has 3 aromatic rings. The van der Waals surface area contributed by atoms with E-state index < -0.39 is 5.82 Å². The molecule has 1 fully saturated rings. The number of amides is 1. The average molecular weight is 506 g/mol. The highest BCUT2D eigenvalue weighted by atomic mass is 19.1. The number of carbonyl (C=O) groups is 1. The number of hydrogen-bond donors (Lipinski definition) is 2. The summed E-state index contributed by atoms with van der Waals surface area (Å²) in [6, 6.07) is 8.01. The fourth-order valence-electron chi connectivity index (χ4n) is 3.91. The van der Waals surface area contributed by atoms with Gasteiger partial charge in [-0.25, -0.2) is 19.2 Å². The standard InChI is InChI=1S/C27H28FN5O4/c1-4-21-25(32-23-6-5-19(14-22(23)28)24-13-18(15-34)7-10-29-24)30-16-31-26(21)37-20-8-11-33(12-9-20)27(35)36-17(2)3/h1,5-7,10,13-14,16-17,20,34H,8-9,11-12,15H2,2-3H3,(H,30,31,32). The van der Waals surface area contributed by atoms with Crippen LogP contribution in [0.5, 0.6) is 5.88 Å². The third-order valence-electron chi connectivity index (χ3n) is 5.80. The molecule has 2 aromatic heterocycles. The van der Waals surface area contributed by atoms with Gasteiger partial charge in [0, 0.05) is 37.7 Å². The van der Waals surface area contributed by atoms with Crippen LogP contribution in [0.25, 0.3) is 11.3 Å². The molecule has 0 spiro atoms. The zero-order valence-corrected chi connectivity index (χ0v) is 20.6. The van der Waals surface area contributed by atoms with Crippen molar-refractivity contribution < 1.29 is 23.8 Å². The molecule has 192 valence electrons. The lowest BCUT2D eigenvalue weighted by molar-refractivity contribution is 0.0506. The maximum absolute atomic E-state index is 15.0. The van der Waals surface area contributed by atoms with Gasteiger partial charge in [0.1, 0.15) is 23.8 Å². The summed E-state index contributed by atoms with van der Waals surface area (Å²) in [6.07, 6.45) is 9.07. The maximum atomic E-state index is 15.0. The Hall–Kier alpha value is -4.23. The first kappa shape index (κ1) is 25.9. The van der Waals surface area contributed by atoms with Crippen LogP contribution in [0.15, 0.2) is 42.9 Å². The van der Waals surface area contributed by atoms with Gasteiger partial charge in [-0.05, 0) is 43.7 Å². The van der Waals surface area contributed by atoms with Crippen molar-refractivity contribution >= 4 is 17.6 Å². The number of terminal acetylenes is 1. The zero-order valence-electron chi connectivity index (χ0n) is 20.6. The van der Waals surface area contributed by atoms with E-state index in [1.54, 1.807) is 35.4 Å². The van der Waals surface area contributed by atoms with Crippen molar-refractivity contribution in [3.63, 3.8) is 0 Å². The molecule has 0 bridgehead atoms. The Morgan fingerprint density at radius 1 is 1.24 bits per heavy atom. The lowest BCUT2D eigenvalue weighted by atomic mass is 10.1. The fraction of sp³-hybridized carbons (Fsp3) is 0.333. The molecule has 1 amide bonds. The molecular formula is C27H28FN5O4. The molecule has 0 atom stereocenters. The Morgan fingerprint density at radius 2 is 2.03 bits per heavy atom. The predicted molar refractivity (Wildman–Crippen MR) is 136 cm³/mol. The van der Waals surface area contributed by atoms with Crippen LogP contribution in [0, 0.1) is 18.2 Å². The Kier molecular flexibility index (Phi) is 8.15. The topological polar surface area (TPSA) is 110 Å². The highest BCUT2D eigenvalue weighted by molar-refractivity contribution is 5.70. The monoisotopic (exact) mass is 505 g/mol. The first-order valence-corrected chi connectivity index (χ1v) is 11.9. The van der Waals surface area contributed by atoms with Gasteiger partial charge in [-0.2, -0.15) is 0 Å². The Labute approximate surface area is 214 Å². The number of likely N-dealkylation sites (tertiary alicyclic amines) is 1. The summed E-state index contributed by atoms with van der Waals surface area (Å²) in [5, 5.41) is 12.3. The number of carbonyl (C=O) groups excluding carboxylic acids is 1. The largest absolute Gasteiger partial charge is 0.473 e.